The molecule has 2 heterocycles. The highest BCUT2D eigenvalue weighted by atomic mass is 127. The molecule has 2 N–H and O–H groups in total. The molecule has 0 bridgehead atoms. The third kappa shape index (κ3) is 8.30. The van der Waals surface area contributed by atoms with Crippen molar-refractivity contribution >= 4 is 35.8 Å². The van der Waals surface area contributed by atoms with Crippen LogP contribution in [0.4, 0.5) is 0 Å². The Hall–Kier alpha value is -1.42. The predicted molar refractivity (Wildman–Crippen MR) is 125 cm³/mol. The van der Waals surface area contributed by atoms with Crippen LogP contribution in [0.2, 0.25) is 0 Å². The molecule has 0 aromatic carbocycles. The monoisotopic (exact) mass is 502 g/mol. The molecule has 1 atom stereocenters. The van der Waals surface area contributed by atoms with Crippen LogP contribution in [0.1, 0.15) is 31.9 Å². The van der Waals surface area contributed by atoms with Crippen LogP contribution in [0, 0.1) is 0 Å². The lowest BCUT2D eigenvalue weighted by Gasteiger charge is -2.25. The van der Waals surface area contributed by atoms with Crippen molar-refractivity contribution in [1.29, 1.82) is 0 Å². The third-order valence-corrected chi connectivity index (χ3v) is 4.71. The van der Waals surface area contributed by atoms with Gasteiger partial charge in [0.05, 0.1) is 6.04 Å². The number of pyridine rings is 1. The minimum absolute atomic E-state index is 0. The summed E-state index contributed by atoms with van der Waals surface area (Å²) >= 11 is 0. The average Bonchev–Trinajstić information content (AvgIpc) is 3.13. The zero-order valence-electron chi connectivity index (χ0n) is 17.4. The topological polar surface area (TPSA) is 72.9 Å². The van der Waals surface area contributed by atoms with Gasteiger partial charge in [-0.25, -0.2) is 0 Å². The Morgan fingerprint density at radius 3 is 2.86 bits per heavy atom. The van der Waals surface area contributed by atoms with E-state index in [2.05, 4.69) is 32.4 Å². The summed E-state index contributed by atoms with van der Waals surface area (Å²) in [5.74, 6) is 1.07. The minimum Gasteiger partial charge on any atom is -0.357 e. The van der Waals surface area contributed by atoms with Crippen LogP contribution in [0.5, 0.6) is 0 Å². The van der Waals surface area contributed by atoms with E-state index in [4.69, 9.17) is 0 Å². The fourth-order valence-electron chi connectivity index (χ4n) is 3.33. The highest BCUT2D eigenvalue weighted by Gasteiger charge is 2.30. The van der Waals surface area contributed by atoms with Crippen LogP contribution in [0.25, 0.3) is 0 Å². The lowest BCUT2D eigenvalue weighted by molar-refractivity contribution is -0.133. The molecule has 1 saturated heterocycles. The first-order chi connectivity index (χ1) is 13.1. The first-order valence-electron chi connectivity index (χ1n) is 9.99. The summed E-state index contributed by atoms with van der Waals surface area (Å²) in [6.07, 6.45) is 5.71. The fraction of sp³-hybridized carbons (Fsp3) is 0.650. The number of carbonyl (C=O) groups excluding carboxylic acids is 1. The van der Waals surface area contributed by atoms with Gasteiger partial charge in [0.25, 0.3) is 0 Å². The maximum absolute atomic E-state index is 12.2. The van der Waals surface area contributed by atoms with Crippen molar-refractivity contribution in [3.05, 3.63) is 30.1 Å². The Bertz CT molecular complexity index is 596. The zero-order chi connectivity index (χ0) is 19.5. The molecule has 1 aromatic rings. The van der Waals surface area contributed by atoms with Crippen molar-refractivity contribution in [1.82, 2.24) is 25.4 Å². The number of likely N-dealkylation sites (N-methyl/N-ethyl adjacent to an activating group) is 1. The van der Waals surface area contributed by atoms with Crippen LogP contribution in [-0.2, 0) is 11.2 Å². The number of guanidine groups is 1. The van der Waals surface area contributed by atoms with Crippen LogP contribution in [-0.4, -0.2) is 79.5 Å². The molecule has 1 unspecified atom stereocenters. The number of amides is 1. The van der Waals surface area contributed by atoms with Crippen LogP contribution >= 0.6 is 24.0 Å². The van der Waals surface area contributed by atoms with Gasteiger partial charge in [0, 0.05) is 58.6 Å². The molecule has 7 nitrogen and oxygen atoms in total. The molecule has 0 spiro atoms. The highest BCUT2D eigenvalue weighted by molar-refractivity contribution is 14.0. The van der Waals surface area contributed by atoms with Crippen molar-refractivity contribution in [2.45, 2.75) is 38.6 Å². The predicted octanol–water partition coefficient (Wildman–Crippen LogP) is 1.74. The van der Waals surface area contributed by atoms with E-state index in [9.17, 15) is 4.79 Å². The summed E-state index contributed by atoms with van der Waals surface area (Å²) in [6, 6.07) is 6.02. The molecule has 0 aliphatic carbocycles. The average molecular weight is 502 g/mol. The molecule has 1 fully saturated rings. The van der Waals surface area contributed by atoms with Gasteiger partial charge in [-0.1, -0.05) is 6.07 Å². The molecule has 28 heavy (non-hydrogen) atoms. The minimum atomic E-state index is 0. The van der Waals surface area contributed by atoms with Gasteiger partial charge in [-0.05, 0) is 44.9 Å². The van der Waals surface area contributed by atoms with Gasteiger partial charge >= 0.3 is 0 Å². The van der Waals surface area contributed by atoms with E-state index in [0.717, 1.165) is 70.1 Å². The molecule has 158 valence electrons. The Balaban J connectivity index is 0.00000392. The van der Waals surface area contributed by atoms with Crippen molar-refractivity contribution < 1.29 is 4.79 Å². The molecule has 1 aromatic heterocycles. The molecular formula is C20H35IN6O. The number of hydrogen-bond acceptors (Lipinski definition) is 4. The molecule has 1 aliphatic rings. The summed E-state index contributed by atoms with van der Waals surface area (Å²) in [4.78, 5) is 25.3. The third-order valence-electron chi connectivity index (χ3n) is 4.71. The maximum atomic E-state index is 12.2. The number of carbonyl (C=O) groups is 1. The Kier molecular flexibility index (Phi) is 12.1. The summed E-state index contributed by atoms with van der Waals surface area (Å²) in [5, 5.41) is 6.65. The summed E-state index contributed by atoms with van der Waals surface area (Å²) < 4.78 is 0. The SMILES string of the molecule is CCNC(=NCCCN1CCCC1C(=O)N(C)C)NCCc1ccccn1.I. The molecule has 0 radical (unpaired) electrons. The number of likely N-dealkylation sites (tertiary alicyclic amines) is 1. The first-order valence-corrected chi connectivity index (χ1v) is 9.99. The summed E-state index contributed by atoms with van der Waals surface area (Å²) in [6.45, 7) is 6.38. The van der Waals surface area contributed by atoms with Gasteiger partial charge in [-0.3, -0.25) is 19.7 Å². The van der Waals surface area contributed by atoms with E-state index < -0.39 is 0 Å². The molecule has 1 amide bonds. The van der Waals surface area contributed by atoms with E-state index in [0.29, 0.717) is 0 Å². The highest BCUT2D eigenvalue weighted by Crippen LogP contribution is 2.18. The second-order valence-electron chi connectivity index (χ2n) is 7.04. The largest absolute Gasteiger partial charge is 0.357 e. The maximum Gasteiger partial charge on any atom is 0.239 e. The lowest BCUT2D eigenvalue weighted by atomic mass is 10.2. The van der Waals surface area contributed by atoms with Gasteiger partial charge in [0.15, 0.2) is 5.96 Å². The fourth-order valence-corrected chi connectivity index (χ4v) is 3.33. The molecule has 1 aliphatic heterocycles. The van der Waals surface area contributed by atoms with E-state index in [1.54, 1.807) is 4.90 Å². The van der Waals surface area contributed by atoms with Crippen LogP contribution in [0.15, 0.2) is 29.4 Å². The number of nitrogens with zero attached hydrogens (tertiary/aromatic N) is 4. The van der Waals surface area contributed by atoms with Gasteiger partial charge < -0.3 is 15.5 Å². The molecule has 2 rings (SSSR count). The van der Waals surface area contributed by atoms with Gasteiger partial charge in [-0.2, -0.15) is 0 Å². The number of halogens is 1. The van der Waals surface area contributed by atoms with Crippen molar-refractivity contribution in [3.63, 3.8) is 0 Å². The second kappa shape index (κ2) is 13.7. The quantitative estimate of drug-likeness (QED) is 0.233. The van der Waals surface area contributed by atoms with Crippen molar-refractivity contribution in [3.8, 4) is 0 Å². The van der Waals surface area contributed by atoms with Gasteiger partial charge in [-0.15, -0.1) is 24.0 Å². The number of rotatable bonds is 9. The zero-order valence-corrected chi connectivity index (χ0v) is 19.7. The lowest BCUT2D eigenvalue weighted by Crippen LogP contribution is -2.43. The van der Waals surface area contributed by atoms with E-state index in [-0.39, 0.29) is 35.9 Å². The molecular weight excluding hydrogens is 467 g/mol. The van der Waals surface area contributed by atoms with Crippen molar-refractivity contribution in [2.24, 2.45) is 4.99 Å². The van der Waals surface area contributed by atoms with E-state index >= 15 is 0 Å². The van der Waals surface area contributed by atoms with E-state index in [1.165, 1.54) is 0 Å². The number of aliphatic imine (C=N–C) groups is 1. The number of nitrogens with one attached hydrogen (secondary N) is 2. The van der Waals surface area contributed by atoms with Crippen molar-refractivity contribution in [2.75, 3.05) is 46.8 Å². The van der Waals surface area contributed by atoms with Gasteiger partial charge in [0.1, 0.15) is 0 Å². The summed E-state index contributed by atoms with van der Waals surface area (Å²) in [7, 11) is 3.67. The molecule has 0 saturated carbocycles. The summed E-state index contributed by atoms with van der Waals surface area (Å²) in [5.41, 5.74) is 1.08. The molecule has 8 heteroatoms. The standard InChI is InChI=1S/C20H34N6O.HI/c1-4-21-20(24-14-11-17-9-5-6-12-22-17)23-13-8-16-26-15-7-10-18(26)19(27)25(2)3;/h5-6,9,12,18H,4,7-8,10-11,13-16H2,1-3H3,(H2,21,23,24);1H. The normalized spacial score (nSPS) is 17.1. The Morgan fingerprint density at radius 2 is 2.18 bits per heavy atom. The second-order valence-corrected chi connectivity index (χ2v) is 7.04. The Labute approximate surface area is 186 Å². The number of hydrogen-bond donors (Lipinski definition) is 2. The Morgan fingerprint density at radius 1 is 1.36 bits per heavy atom. The van der Waals surface area contributed by atoms with E-state index in [1.807, 2.05) is 38.5 Å². The van der Waals surface area contributed by atoms with Crippen LogP contribution < -0.4 is 10.6 Å². The van der Waals surface area contributed by atoms with Crippen LogP contribution in [0.3, 0.4) is 0 Å². The first kappa shape index (κ1) is 24.6. The number of aromatic nitrogens is 1. The van der Waals surface area contributed by atoms with Gasteiger partial charge in [0.2, 0.25) is 5.91 Å². The smallest absolute Gasteiger partial charge is 0.239 e.